The van der Waals surface area contributed by atoms with Crippen LogP contribution in [0.4, 0.5) is 0 Å². The summed E-state index contributed by atoms with van der Waals surface area (Å²) < 4.78 is 5.30. The van der Waals surface area contributed by atoms with Gasteiger partial charge in [-0.2, -0.15) is 0 Å². The van der Waals surface area contributed by atoms with Crippen LogP contribution in [-0.2, 0) is 9.53 Å². The van der Waals surface area contributed by atoms with Gasteiger partial charge in [0.2, 0.25) is 0 Å². The van der Waals surface area contributed by atoms with Gasteiger partial charge in [0.05, 0.1) is 6.61 Å². The van der Waals surface area contributed by atoms with Crippen molar-refractivity contribution in [2.45, 2.75) is 45.6 Å². The first-order valence-electron chi connectivity index (χ1n) is 6.99. The number of likely N-dealkylation sites (tertiary alicyclic amines) is 1. The van der Waals surface area contributed by atoms with Gasteiger partial charge in [-0.25, -0.2) is 0 Å². The molecule has 1 aliphatic rings. The zero-order valence-electron chi connectivity index (χ0n) is 11.9. The Balaban J connectivity index is 2.35. The maximum Gasteiger partial charge on any atom is 0.303 e. The minimum atomic E-state index is -0.670. The fourth-order valence-electron chi connectivity index (χ4n) is 2.79. The highest BCUT2D eigenvalue weighted by atomic mass is 16.5. The van der Waals surface area contributed by atoms with Gasteiger partial charge < -0.3 is 9.84 Å². The first-order valence-corrected chi connectivity index (χ1v) is 6.99. The molecule has 1 atom stereocenters. The molecule has 4 nitrogen and oxygen atoms in total. The maximum absolute atomic E-state index is 10.6. The number of piperidine rings is 1. The molecule has 0 aliphatic carbocycles. The molecule has 0 amide bonds. The minimum Gasteiger partial charge on any atom is -0.481 e. The number of rotatable bonds is 7. The van der Waals surface area contributed by atoms with E-state index in [1.165, 1.54) is 0 Å². The van der Waals surface area contributed by atoms with Crippen LogP contribution in [0.15, 0.2) is 0 Å². The highest BCUT2D eigenvalue weighted by Gasteiger charge is 2.26. The molecule has 0 saturated carbocycles. The number of hydrogen-bond acceptors (Lipinski definition) is 3. The average molecular weight is 257 g/mol. The van der Waals surface area contributed by atoms with Crippen molar-refractivity contribution in [2.75, 3.05) is 26.8 Å². The van der Waals surface area contributed by atoms with E-state index in [1.807, 2.05) is 0 Å². The van der Waals surface area contributed by atoms with E-state index in [1.54, 1.807) is 7.11 Å². The Labute approximate surface area is 110 Å². The summed E-state index contributed by atoms with van der Waals surface area (Å²) in [6, 6.07) is 0.496. The van der Waals surface area contributed by atoms with E-state index in [-0.39, 0.29) is 0 Å². The van der Waals surface area contributed by atoms with Crippen LogP contribution in [0.1, 0.15) is 39.5 Å². The summed E-state index contributed by atoms with van der Waals surface area (Å²) in [6.45, 7) is 7.42. The molecule has 0 radical (unpaired) electrons. The predicted octanol–water partition coefficient (Wildman–Crippen LogP) is 2.23. The van der Waals surface area contributed by atoms with E-state index in [2.05, 4.69) is 18.7 Å². The largest absolute Gasteiger partial charge is 0.481 e. The van der Waals surface area contributed by atoms with E-state index in [9.17, 15) is 4.79 Å². The van der Waals surface area contributed by atoms with Crippen molar-refractivity contribution in [3.05, 3.63) is 0 Å². The number of carboxylic acid groups (broad SMARTS) is 1. The lowest BCUT2D eigenvalue weighted by Gasteiger charge is -2.39. The van der Waals surface area contributed by atoms with Crippen molar-refractivity contribution >= 4 is 5.97 Å². The Hall–Kier alpha value is -0.610. The van der Waals surface area contributed by atoms with Crippen molar-refractivity contribution in [1.82, 2.24) is 4.90 Å². The van der Waals surface area contributed by atoms with Crippen LogP contribution in [0.3, 0.4) is 0 Å². The van der Waals surface area contributed by atoms with Crippen molar-refractivity contribution < 1.29 is 14.6 Å². The Kier molecular flexibility index (Phi) is 6.65. The molecule has 1 unspecified atom stereocenters. The van der Waals surface area contributed by atoms with Gasteiger partial charge in [-0.05, 0) is 44.2 Å². The topological polar surface area (TPSA) is 49.8 Å². The molecule has 0 aromatic rings. The predicted molar refractivity (Wildman–Crippen MR) is 71.7 cm³/mol. The van der Waals surface area contributed by atoms with Crippen molar-refractivity contribution in [1.29, 1.82) is 0 Å². The first kappa shape index (κ1) is 15.4. The van der Waals surface area contributed by atoms with Crippen molar-refractivity contribution in [3.8, 4) is 0 Å². The highest BCUT2D eigenvalue weighted by molar-refractivity contribution is 5.66. The summed E-state index contributed by atoms with van der Waals surface area (Å²) in [6.07, 6.45) is 3.40. The maximum atomic E-state index is 10.6. The number of carbonyl (C=O) groups is 1. The fraction of sp³-hybridized carbons (Fsp3) is 0.929. The number of ether oxygens (including phenoxy) is 1. The number of aliphatic carboxylic acids is 1. The fourth-order valence-corrected chi connectivity index (χ4v) is 2.79. The van der Waals surface area contributed by atoms with Gasteiger partial charge in [-0.1, -0.05) is 13.8 Å². The molecule has 1 rings (SSSR count). The number of methoxy groups -OCH3 is 1. The number of hydrogen-bond donors (Lipinski definition) is 1. The van der Waals surface area contributed by atoms with E-state index >= 15 is 0 Å². The molecule has 106 valence electrons. The molecule has 0 spiro atoms. The summed E-state index contributed by atoms with van der Waals surface area (Å²) in [7, 11) is 1.76. The number of nitrogens with zero attached hydrogens (tertiary/aromatic N) is 1. The Morgan fingerprint density at radius 2 is 2.00 bits per heavy atom. The summed E-state index contributed by atoms with van der Waals surface area (Å²) in [5.41, 5.74) is 0. The second-order valence-corrected chi connectivity index (χ2v) is 5.68. The van der Waals surface area contributed by atoms with Crippen LogP contribution < -0.4 is 0 Å². The smallest absolute Gasteiger partial charge is 0.303 e. The molecule has 18 heavy (non-hydrogen) atoms. The molecular formula is C14H27NO3. The van der Waals surface area contributed by atoms with Crippen LogP contribution in [0, 0.1) is 11.8 Å². The van der Waals surface area contributed by atoms with Crippen molar-refractivity contribution in [3.63, 3.8) is 0 Å². The normalized spacial score (nSPS) is 20.2. The zero-order chi connectivity index (χ0) is 13.5. The molecule has 1 aliphatic heterocycles. The van der Waals surface area contributed by atoms with Gasteiger partial charge in [-0.15, -0.1) is 0 Å². The molecule has 0 aromatic carbocycles. The SMILES string of the molecule is COCC(C(C)C)N1CCC(CCC(=O)O)CC1. The summed E-state index contributed by atoms with van der Waals surface area (Å²) in [5, 5.41) is 8.70. The second kappa shape index (κ2) is 7.74. The van der Waals surface area contributed by atoms with Crippen molar-refractivity contribution in [2.24, 2.45) is 11.8 Å². The Bertz CT molecular complexity index is 247. The molecule has 1 N–H and O–H groups in total. The molecule has 1 saturated heterocycles. The Morgan fingerprint density at radius 1 is 1.39 bits per heavy atom. The molecule has 0 aromatic heterocycles. The van der Waals surface area contributed by atoms with E-state index in [4.69, 9.17) is 9.84 Å². The van der Waals surface area contributed by atoms with Gasteiger partial charge in [0.25, 0.3) is 0 Å². The molecule has 1 heterocycles. The van der Waals surface area contributed by atoms with Crippen LogP contribution in [0.25, 0.3) is 0 Å². The van der Waals surface area contributed by atoms with Crippen LogP contribution in [-0.4, -0.2) is 48.8 Å². The molecular weight excluding hydrogens is 230 g/mol. The molecule has 0 bridgehead atoms. The Morgan fingerprint density at radius 3 is 2.44 bits per heavy atom. The quantitative estimate of drug-likeness (QED) is 0.760. The van der Waals surface area contributed by atoms with E-state index in [0.29, 0.717) is 24.3 Å². The molecule has 1 fully saturated rings. The van der Waals surface area contributed by atoms with Crippen LogP contribution in [0.5, 0.6) is 0 Å². The third-order valence-electron chi connectivity index (χ3n) is 3.99. The third-order valence-corrected chi connectivity index (χ3v) is 3.99. The third kappa shape index (κ3) is 4.94. The van der Waals surface area contributed by atoms with Gasteiger partial charge in [-0.3, -0.25) is 9.69 Å². The standard InChI is InChI=1S/C14H27NO3/c1-11(2)13(10-18-3)15-8-6-12(7-9-15)4-5-14(16)17/h11-13H,4-10H2,1-3H3,(H,16,17). The average Bonchev–Trinajstić information content (AvgIpc) is 2.34. The van der Waals surface area contributed by atoms with E-state index in [0.717, 1.165) is 39.0 Å². The lowest BCUT2D eigenvalue weighted by Crippen LogP contribution is -2.46. The van der Waals surface area contributed by atoms with Gasteiger partial charge in [0.1, 0.15) is 0 Å². The number of carboxylic acids is 1. The van der Waals surface area contributed by atoms with Gasteiger partial charge >= 0.3 is 5.97 Å². The highest BCUT2D eigenvalue weighted by Crippen LogP contribution is 2.25. The zero-order valence-corrected chi connectivity index (χ0v) is 11.9. The first-order chi connectivity index (χ1) is 8.54. The van der Waals surface area contributed by atoms with Crippen LogP contribution in [0.2, 0.25) is 0 Å². The minimum absolute atomic E-state index is 0.316. The monoisotopic (exact) mass is 257 g/mol. The summed E-state index contributed by atoms with van der Waals surface area (Å²) >= 11 is 0. The summed E-state index contributed by atoms with van der Waals surface area (Å²) in [5.74, 6) is 0.519. The summed E-state index contributed by atoms with van der Waals surface area (Å²) in [4.78, 5) is 13.1. The van der Waals surface area contributed by atoms with Gasteiger partial charge in [0, 0.05) is 19.6 Å². The lowest BCUT2D eigenvalue weighted by molar-refractivity contribution is -0.137. The molecule has 4 heteroatoms. The second-order valence-electron chi connectivity index (χ2n) is 5.68. The van der Waals surface area contributed by atoms with Gasteiger partial charge in [0.15, 0.2) is 0 Å². The van der Waals surface area contributed by atoms with Crippen LogP contribution >= 0.6 is 0 Å². The lowest BCUT2D eigenvalue weighted by atomic mass is 9.90. The van der Waals surface area contributed by atoms with E-state index < -0.39 is 5.97 Å².